The van der Waals surface area contributed by atoms with E-state index in [1.54, 1.807) is 10.9 Å². The molecule has 0 aromatic carbocycles. The lowest BCUT2D eigenvalue weighted by molar-refractivity contribution is 0.230. The number of amides is 4. The molecule has 52 valence electrons. The summed E-state index contributed by atoms with van der Waals surface area (Å²) in [6.07, 6.45) is 0. The normalized spacial score (nSPS) is 7.67. The summed E-state index contributed by atoms with van der Waals surface area (Å²) in [7, 11) is 0. The molecule has 0 saturated heterocycles. The van der Waals surface area contributed by atoms with Crippen LogP contribution in [0.15, 0.2) is 0 Å². The van der Waals surface area contributed by atoms with Crippen molar-refractivity contribution in [2.24, 2.45) is 5.73 Å². The van der Waals surface area contributed by atoms with Crippen LogP contribution in [0.2, 0.25) is 0 Å². The van der Waals surface area contributed by atoms with Crippen molar-refractivity contribution >= 4 is 12.1 Å². The summed E-state index contributed by atoms with van der Waals surface area (Å²) in [5, 5.41) is 9.39. The summed E-state index contributed by atoms with van der Waals surface area (Å²) in [6.45, 7) is 0. The first-order valence-electron chi connectivity index (χ1n) is 1.90. The maximum atomic E-state index is 9.91. The Hall–Kier alpha value is -1.50. The van der Waals surface area contributed by atoms with E-state index in [9.17, 15) is 14.8 Å². The van der Waals surface area contributed by atoms with Crippen molar-refractivity contribution in [3.05, 3.63) is 5.21 Å². The molecular weight excluding hydrogens is 128 g/mol. The minimum atomic E-state index is -1.08. The van der Waals surface area contributed by atoms with Crippen LogP contribution in [-0.4, -0.2) is 12.1 Å². The number of carbonyl (C=O) groups excluding carboxylic acids is 2. The van der Waals surface area contributed by atoms with E-state index >= 15 is 0 Å². The third-order valence-electron chi connectivity index (χ3n) is 0.392. The number of hydrogen-bond donors (Lipinski definition) is 4. The van der Waals surface area contributed by atoms with E-state index in [1.807, 2.05) is 0 Å². The van der Waals surface area contributed by atoms with Gasteiger partial charge in [-0.25, -0.2) is 20.4 Å². The quantitative estimate of drug-likeness (QED) is 0.297. The number of hydrogen-bond acceptors (Lipinski definition) is 3. The van der Waals surface area contributed by atoms with Crippen LogP contribution in [-0.2, 0) is 0 Å². The second-order valence-electron chi connectivity index (χ2n) is 1.05. The number of urea groups is 2. The predicted octanol–water partition coefficient (Wildman–Crippen LogP) is -1.63. The van der Waals surface area contributed by atoms with Gasteiger partial charge in [0.2, 0.25) is 0 Å². The Morgan fingerprint density at radius 1 is 1.33 bits per heavy atom. The lowest BCUT2D eigenvalue weighted by Crippen LogP contribution is -2.47. The molecule has 0 spiro atoms. The molecule has 0 aliphatic carbocycles. The minimum Gasteiger partial charge on any atom is -0.758 e. The molecule has 5 N–H and O–H groups in total. The Morgan fingerprint density at radius 2 is 1.89 bits per heavy atom. The van der Waals surface area contributed by atoms with Crippen molar-refractivity contribution in [1.29, 1.82) is 0 Å². The van der Waals surface area contributed by atoms with E-state index in [4.69, 9.17) is 0 Å². The molecule has 0 aliphatic heterocycles. The average molecular weight is 133 g/mol. The largest absolute Gasteiger partial charge is 0.758 e. The molecule has 9 heavy (non-hydrogen) atoms. The van der Waals surface area contributed by atoms with Gasteiger partial charge in [-0.1, -0.05) is 0 Å². The van der Waals surface area contributed by atoms with E-state index in [1.165, 1.54) is 0 Å². The Kier molecular flexibility index (Phi) is 2.91. The van der Waals surface area contributed by atoms with Crippen LogP contribution in [0, 0.1) is 5.21 Å². The van der Waals surface area contributed by atoms with Gasteiger partial charge in [0.15, 0.2) is 0 Å². The summed E-state index contributed by atoms with van der Waals surface area (Å²) in [5.41, 5.74) is 8.77. The molecule has 7 nitrogen and oxygen atoms in total. The summed E-state index contributed by atoms with van der Waals surface area (Å²) in [4.78, 5) is 19.7. The van der Waals surface area contributed by atoms with E-state index in [0.29, 0.717) is 0 Å². The molecular formula is C2H5N4O3-. The van der Waals surface area contributed by atoms with Crippen LogP contribution in [0.1, 0.15) is 0 Å². The van der Waals surface area contributed by atoms with Crippen molar-refractivity contribution < 1.29 is 9.59 Å². The molecule has 0 heterocycles. The Bertz CT molecular complexity index is 123. The third kappa shape index (κ3) is 4.35. The molecule has 0 rings (SSSR count). The fraction of sp³-hybridized carbons (Fsp3) is 0. The first-order chi connectivity index (χ1) is 4.16. The van der Waals surface area contributed by atoms with Crippen molar-refractivity contribution in [2.75, 3.05) is 0 Å². The topological polar surface area (TPSA) is 119 Å². The van der Waals surface area contributed by atoms with Gasteiger partial charge < -0.3 is 16.4 Å². The number of hydrazine groups is 1. The number of carbonyl (C=O) groups is 2. The van der Waals surface area contributed by atoms with Crippen LogP contribution in [0.4, 0.5) is 9.59 Å². The lowest BCUT2D eigenvalue weighted by Gasteiger charge is -2.07. The molecule has 4 amide bonds. The van der Waals surface area contributed by atoms with E-state index < -0.39 is 12.1 Å². The van der Waals surface area contributed by atoms with E-state index in [0.717, 1.165) is 5.48 Å². The molecule has 7 heteroatoms. The predicted molar refractivity (Wildman–Crippen MR) is 27.8 cm³/mol. The highest BCUT2D eigenvalue weighted by atomic mass is 16.5. The smallest absolute Gasteiger partial charge is 0.330 e. The molecule has 0 bridgehead atoms. The van der Waals surface area contributed by atoms with Crippen molar-refractivity contribution in [1.82, 2.24) is 16.3 Å². The zero-order valence-electron chi connectivity index (χ0n) is 4.30. The second-order valence-corrected chi connectivity index (χ2v) is 1.05. The number of rotatable bonds is 0. The average Bonchev–Trinajstić information content (AvgIpc) is 1.83. The Balaban J connectivity index is 3.28. The molecule has 0 aliphatic rings. The Labute approximate surface area is 50.1 Å². The van der Waals surface area contributed by atoms with Crippen LogP contribution in [0.5, 0.6) is 0 Å². The van der Waals surface area contributed by atoms with Crippen molar-refractivity contribution in [3.8, 4) is 0 Å². The van der Waals surface area contributed by atoms with E-state index in [-0.39, 0.29) is 0 Å². The standard InChI is InChI=1S/C2H5N4O3/c3-1(7)4-5-2(8)6-9/h(H5-,3,4,5,6,7,8,9)/q-1. The maximum Gasteiger partial charge on any atom is 0.330 e. The third-order valence-corrected chi connectivity index (χ3v) is 0.392. The zero-order valence-corrected chi connectivity index (χ0v) is 4.30. The van der Waals surface area contributed by atoms with Crippen LogP contribution in [0.3, 0.4) is 0 Å². The van der Waals surface area contributed by atoms with Gasteiger partial charge in [-0.05, 0) is 0 Å². The summed E-state index contributed by atoms with van der Waals surface area (Å²) in [6, 6.07) is -2.02. The highest BCUT2D eigenvalue weighted by molar-refractivity contribution is 5.79. The summed E-state index contributed by atoms with van der Waals surface area (Å²) in [5.74, 6) is 0. The zero-order chi connectivity index (χ0) is 7.28. The number of nitrogens with one attached hydrogen (secondary N) is 3. The molecule has 0 radical (unpaired) electrons. The SMILES string of the molecule is NC(=O)NNC(=O)N[O-]. The summed E-state index contributed by atoms with van der Waals surface area (Å²) < 4.78 is 0. The monoisotopic (exact) mass is 133 g/mol. The van der Waals surface area contributed by atoms with Gasteiger partial charge in [0.1, 0.15) is 0 Å². The van der Waals surface area contributed by atoms with E-state index in [2.05, 4.69) is 5.73 Å². The van der Waals surface area contributed by atoms with Gasteiger partial charge >= 0.3 is 12.1 Å². The second kappa shape index (κ2) is 3.50. The first kappa shape index (κ1) is 7.50. The summed E-state index contributed by atoms with van der Waals surface area (Å²) >= 11 is 0. The van der Waals surface area contributed by atoms with Crippen molar-refractivity contribution in [2.45, 2.75) is 0 Å². The highest BCUT2D eigenvalue weighted by Crippen LogP contribution is 1.54. The molecule has 0 fully saturated rings. The highest BCUT2D eigenvalue weighted by Gasteiger charge is 1.91. The maximum absolute atomic E-state index is 9.91. The fourth-order valence-electron chi connectivity index (χ4n) is 0.144. The molecule has 0 saturated carbocycles. The molecule has 0 atom stereocenters. The van der Waals surface area contributed by atoms with Gasteiger partial charge in [0, 0.05) is 0 Å². The van der Waals surface area contributed by atoms with Gasteiger partial charge in [-0.2, -0.15) is 0 Å². The van der Waals surface area contributed by atoms with Gasteiger partial charge in [0.05, 0.1) is 0 Å². The first-order valence-corrected chi connectivity index (χ1v) is 1.90. The van der Waals surface area contributed by atoms with Crippen LogP contribution < -0.4 is 22.1 Å². The Morgan fingerprint density at radius 3 is 2.22 bits per heavy atom. The lowest BCUT2D eigenvalue weighted by atomic mass is 11.0. The van der Waals surface area contributed by atoms with Gasteiger partial charge in [0.25, 0.3) is 0 Å². The van der Waals surface area contributed by atoms with Crippen LogP contribution >= 0.6 is 0 Å². The number of hydroxylamine groups is 1. The van der Waals surface area contributed by atoms with Crippen LogP contribution in [0.25, 0.3) is 0 Å². The van der Waals surface area contributed by atoms with Crippen molar-refractivity contribution in [3.63, 3.8) is 0 Å². The van der Waals surface area contributed by atoms with Gasteiger partial charge in [-0.3, -0.25) is 0 Å². The van der Waals surface area contributed by atoms with Gasteiger partial charge in [-0.15, -0.1) is 0 Å². The minimum absolute atomic E-state index is 0.946. The number of primary amides is 1. The fourth-order valence-corrected chi connectivity index (χ4v) is 0.144. The molecule has 0 aromatic heterocycles. The molecule has 0 unspecified atom stereocenters. The molecule has 0 aromatic rings. The number of nitrogens with two attached hydrogens (primary N) is 1.